The lowest BCUT2D eigenvalue weighted by molar-refractivity contribution is 0.0768. The molecule has 26 heavy (non-hydrogen) atoms. The third-order valence-electron chi connectivity index (χ3n) is 3.73. The van der Waals surface area contributed by atoms with Crippen LogP contribution in [-0.2, 0) is 27.7 Å². The Kier molecular flexibility index (Phi) is 7.48. The summed E-state index contributed by atoms with van der Waals surface area (Å²) in [5.41, 5.74) is 2.27. The van der Waals surface area contributed by atoms with Gasteiger partial charge in [-0.05, 0) is 55.7 Å². The van der Waals surface area contributed by atoms with Gasteiger partial charge in [0.1, 0.15) is 11.5 Å². The van der Waals surface area contributed by atoms with E-state index in [-0.39, 0.29) is 6.10 Å². The highest BCUT2D eigenvalue weighted by Gasteiger charge is 2.05. The Labute approximate surface area is 156 Å². The Morgan fingerprint density at radius 2 is 1.50 bits per heavy atom. The van der Waals surface area contributed by atoms with Gasteiger partial charge in [0.2, 0.25) is 0 Å². The summed E-state index contributed by atoms with van der Waals surface area (Å²) >= 11 is 0. The number of rotatable bonds is 10. The maximum Gasteiger partial charge on any atom is 0.306 e. The van der Waals surface area contributed by atoms with Gasteiger partial charge in [-0.1, -0.05) is 24.3 Å². The van der Waals surface area contributed by atoms with Gasteiger partial charge in [0, 0.05) is 13.0 Å². The fourth-order valence-corrected chi connectivity index (χ4v) is 3.03. The van der Waals surface area contributed by atoms with E-state index in [0.29, 0.717) is 12.4 Å². The predicted molar refractivity (Wildman–Crippen MR) is 102 cm³/mol. The Bertz CT molecular complexity index is 767. The van der Waals surface area contributed by atoms with Crippen LogP contribution in [0.25, 0.3) is 0 Å². The fourth-order valence-electron chi connectivity index (χ4n) is 2.57. The molecule has 0 aliphatic heterocycles. The number of benzene rings is 2. The minimum absolute atomic E-state index is 0.210. The highest BCUT2D eigenvalue weighted by molar-refractivity contribution is 7.86. The highest BCUT2D eigenvalue weighted by Crippen LogP contribution is 2.16. The molecule has 0 fully saturated rings. The molecule has 0 aliphatic rings. The first kappa shape index (κ1) is 20.3. The van der Waals surface area contributed by atoms with E-state index in [2.05, 4.69) is 19.1 Å². The molecule has 0 amide bonds. The SMILES string of the molecule is CCO[C@@H](C)Cc1ccc(OCCc2ccc(OS(C)(=O)=O)cc2)cc1. The quantitative estimate of drug-likeness (QED) is 0.591. The van der Waals surface area contributed by atoms with E-state index in [9.17, 15) is 8.42 Å². The summed E-state index contributed by atoms with van der Waals surface area (Å²) in [6.45, 7) is 5.34. The van der Waals surface area contributed by atoms with E-state index < -0.39 is 10.1 Å². The second-order valence-corrected chi connectivity index (χ2v) is 7.72. The van der Waals surface area contributed by atoms with Crippen molar-refractivity contribution in [1.29, 1.82) is 0 Å². The Morgan fingerprint density at radius 3 is 2.08 bits per heavy atom. The second-order valence-electron chi connectivity index (χ2n) is 6.14. The van der Waals surface area contributed by atoms with E-state index in [1.807, 2.05) is 31.2 Å². The molecule has 0 aliphatic carbocycles. The molecule has 0 radical (unpaired) electrons. The average Bonchev–Trinajstić information content (AvgIpc) is 2.57. The van der Waals surface area contributed by atoms with Crippen molar-refractivity contribution in [2.45, 2.75) is 32.8 Å². The lowest BCUT2D eigenvalue weighted by Gasteiger charge is -2.12. The zero-order valence-electron chi connectivity index (χ0n) is 15.5. The van der Waals surface area contributed by atoms with Crippen LogP contribution in [-0.4, -0.2) is 34.0 Å². The third-order valence-corrected chi connectivity index (χ3v) is 4.22. The summed E-state index contributed by atoms with van der Waals surface area (Å²) in [5.74, 6) is 1.14. The zero-order valence-corrected chi connectivity index (χ0v) is 16.3. The number of ether oxygens (including phenoxy) is 2. The van der Waals surface area contributed by atoms with E-state index in [1.54, 1.807) is 12.1 Å². The van der Waals surface area contributed by atoms with E-state index >= 15 is 0 Å². The number of hydrogen-bond donors (Lipinski definition) is 0. The third kappa shape index (κ3) is 7.45. The molecule has 0 aromatic heterocycles. The van der Waals surface area contributed by atoms with Crippen molar-refractivity contribution in [3.05, 3.63) is 59.7 Å². The van der Waals surface area contributed by atoms with Crippen molar-refractivity contribution < 1.29 is 22.1 Å². The molecule has 0 unspecified atom stereocenters. The fraction of sp³-hybridized carbons (Fsp3) is 0.400. The number of hydrogen-bond acceptors (Lipinski definition) is 5. The molecule has 6 heteroatoms. The monoisotopic (exact) mass is 378 g/mol. The van der Waals surface area contributed by atoms with E-state index in [1.165, 1.54) is 5.56 Å². The molecule has 0 saturated carbocycles. The first-order chi connectivity index (χ1) is 12.4. The summed E-state index contributed by atoms with van der Waals surface area (Å²) in [4.78, 5) is 0. The van der Waals surface area contributed by atoms with Crippen molar-refractivity contribution in [3.8, 4) is 11.5 Å². The van der Waals surface area contributed by atoms with Crippen LogP contribution >= 0.6 is 0 Å². The summed E-state index contributed by atoms with van der Waals surface area (Å²) in [5, 5.41) is 0. The van der Waals surface area contributed by atoms with Gasteiger partial charge < -0.3 is 13.7 Å². The molecule has 2 aromatic rings. The summed E-state index contributed by atoms with van der Waals surface area (Å²) in [7, 11) is -3.49. The molecule has 5 nitrogen and oxygen atoms in total. The van der Waals surface area contributed by atoms with Gasteiger partial charge in [-0.3, -0.25) is 0 Å². The Hall–Kier alpha value is -2.05. The molecule has 2 rings (SSSR count). The molecule has 0 spiro atoms. The molecule has 0 heterocycles. The molecular formula is C20H26O5S. The van der Waals surface area contributed by atoms with Gasteiger partial charge in [0.15, 0.2) is 0 Å². The zero-order chi connectivity index (χ0) is 19.0. The van der Waals surface area contributed by atoms with Crippen LogP contribution < -0.4 is 8.92 Å². The van der Waals surface area contributed by atoms with E-state index in [0.717, 1.165) is 37.0 Å². The lowest BCUT2D eigenvalue weighted by Crippen LogP contribution is -2.11. The van der Waals surface area contributed by atoms with Gasteiger partial charge in [-0.15, -0.1) is 0 Å². The van der Waals surface area contributed by atoms with Crippen LogP contribution in [0, 0.1) is 0 Å². The maximum absolute atomic E-state index is 11.1. The van der Waals surface area contributed by atoms with Gasteiger partial charge >= 0.3 is 10.1 Å². The smallest absolute Gasteiger partial charge is 0.306 e. The maximum atomic E-state index is 11.1. The van der Waals surface area contributed by atoms with Crippen molar-refractivity contribution in [2.24, 2.45) is 0 Å². The van der Waals surface area contributed by atoms with Gasteiger partial charge in [-0.2, -0.15) is 8.42 Å². The van der Waals surface area contributed by atoms with Crippen LogP contribution in [0.2, 0.25) is 0 Å². The minimum Gasteiger partial charge on any atom is -0.493 e. The average molecular weight is 378 g/mol. The molecule has 1 atom stereocenters. The Balaban J connectivity index is 1.78. The summed E-state index contributed by atoms with van der Waals surface area (Å²) in [6.07, 6.45) is 2.84. The van der Waals surface area contributed by atoms with Crippen LogP contribution in [0.5, 0.6) is 11.5 Å². The van der Waals surface area contributed by atoms with Crippen molar-refractivity contribution in [2.75, 3.05) is 19.5 Å². The molecule has 2 aromatic carbocycles. The summed E-state index contributed by atoms with van der Waals surface area (Å²) in [6, 6.07) is 15.0. The molecule has 0 bridgehead atoms. The van der Waals surface area contributed by atoms with E-state index in [4.69, 9.17) is 13.7 Å². The van der Waals surface area contributed by atoms with Gasteiger partial charge in [0.05, 0.1) is 19.0 Å². The minimum atomic E-state index is -3.49. The topological polar surface area (TPSA) is 61.8 Å². The van der Waals surface area contributed by atoms with Crippen LogP contribution in [0.1, 0.15) is 25.0 Å². The van der Waals surface area contributed by atoms with Crippen LogP contribution in [0.15, 0.2) is 48.5 Å². The molecular weight excluding hydrogens is 352 g/mol. The molecule has 142 valence electrons. The van der Waals surface area contributed by atoms with Crippen molar-refractivity contribution in [1.82, 2.24) is 0 Å². The Morgan fingerprint density at radius 1 is 0.923 bits per heavy atom. The van der Waals surface area contributed by atoms with Crippen molar-refractivity contribution in [3.63, 3.8) is 0 Å². The lowest BCUT2D eigenvalue weighted by atomic mass is 10.1. The first-order valence-electron chi connectivity index (χ1n) is 8.67. The molecule has 0 saturated heterocycles. The van der Waals surface area contributed by atoms with Crippen LogP contribution in [0.4, 0.5) is 0 Å². The highest BCUT2D eigenvalue weighted by atomic mass is 32.2. The van der Waals surface area contributed by atoms with Crippen molar-refractivity contribution >= 4 is 10.1 Å². The standard InChI is InChI=1S/C20H26O5S/c1-4-23-16(2)15-18-7-9-19(10-8-18)24-14-13-17-5-11-20(12-6-17)25-26(3,21)22/h5-12,16H,4,13-15H2,1-3H3/t16-/m0/s1. The predicted octanol–water partition coefficient (Wildman–Crippen LogP) is 3.61. The van der Waals surface area contributed by atoms with Gasteiger partial charge in [-0.25, -0.2) is 0 Å². The summed E-state index contributed by atoms with van der Waals surface area (Å²) < 4.78 is 38.3. The van der Waals surface area contributed by atoms with Crippen LogP contribution in [0.3, 0.4) is 0 Å². The largest absolute Gasteiger partial charge is 0.493 e. The first-order valence-corrected chi connectivity index (χ1v) is 10.5. The second kappa shape index (κ2) is 9.59. The van der Waals surface area contributed by atoms with Gasteiger partial charge in [0.25, 0.3) is 0 Å². The molecule has 0 N–H and O–H groups in total. The normalized spacial score (nSPS) is 12.6.